The van der Waals surface area contributed by atoms with Gasteiger partial charge in [0.1, 0.15) is 0 Å². The fourth-order valence-electron chi connectivity index (χ4n) is 3.52. The molecule has 0 bridgehead atoms. The molecule has 2 heterocycles. The van der Waals surface area contributed by atoms with E-state index in [-0.39, 0.29) is 5.60 Å². The zero-order valence-electron chi connectivity index (χ0n) is 13.3. The third kappa shape index (κ3) is 3.28. The highest BCUT2D eigenvalue weighted by atomic mass is 19.4. The van der Waals surface area contributed by atoms with E-state index in [0.717, 1.165) is 25.6 Å². The molecule has 1 aliphatic carbocycles. The highest BCUT2D eigenvalue weighted by Gasteiger charge is 2.45. The molecule has 3 aliphatic rings. The number of aliphatic carboxylic acids is 1. The summed E-state index contributed by atoms with van der Waals surface area (Å²) >= 11 is 0. The fraction of sp³-hybridized carbons (Fsp3) is 0.588. The van der Waals surface area contributed by atoms with Gasteiger partial charge in [-0.05, 0) is 42.4 Å². The van der Waals surface area contributed by atoms with E-state index in [0.29, 0.717) is 5.92 Å². The van der Waals surface area contributed by atoms with Crippen LogP contribution in [0.3, 0.4) is 0 Å². The van der Waals surface area contributed by atoms with E-state index in [1.165, 1.54) is 18.4 Å². The van der Waals surface area contributed by atoms with E-state index in [1.54, 1.807) is 11.1 Å². The molecule has 0 radical (unpaired) electrons. The first kappa shape index (κ1) is 17.2. The Labute approximate surface area is 138 Å². The molecule has 1 saturated carbocycles. The zero-order valence-corrected chi connectivity index (χ0v) is 13.3. The number of carbonyl (C=O) groups is 1. The molecule has 1 saturated heterocycles. The number of rotatable bonds is 1. The maximum absolute atomic E-state index is 10.6. The third-order valence-electron chi connectivity index (χ3n) is 4.99. The molecular weight excluding hydrogens is 323 g/mol. The molecule has 1 aromatic carbocycles. The van der Waals surface area contributed by atoms with Gasteiger partial charge in [0.25, 0.3) is 0 Å². The van der Waals surface area contributed by atoms with E-state index in [2.05, 4.69) is 30.4 Å². The van der Waals surface area contributed by atoms with Crippen LogP contribution in [-0.4, -0.2) is 35.9 Å². The van der Waals surface area contributed by atoms with Gasteiger partial charge in [0.2, 0.25) is 0 Å². The monoisotopic (exact) mass is 343 g/mol. The van der Waals surface area contributed by atoms with Gasteiger partial charge in [-0.1, -0.05) is 18.2 Å². The van der Waals surface area contributed by atoms with Gasteiger partial charge < -0.3 is 15.2 Å². The van der Waals surface area contributed by atoms with Crippen molar-refractivity contribution in [3.8, 4) is 0 Å². The molecule has 24 heavy (non-hydrogen) atoms. The van der Waals surface area contributed by atoms with Gasteiger partial charge in [-0.25, -0.2) is 4.79 Å². The van der Waals surface area contributed by atoms with Gasteiger partial charge in [0, 0.05) is 19.0 Å². The zero-order chi connectivity index (χ0) is 17.5. The lowest BCUT2D eigenvalue weighted by Gasteiger charge is -2.38. The summed E-state index contributed by atoms with van der Waals surface area (Å²) in [7, 11) is 0. The molecule has 2 fully saturated rings. The van der Waals surface area contributed by atoms with Crippen molar-refractivity contribution in [2.75, 3.05) is 13.1 Å². The van der Waals surface area contributed by atoms with Crippen molar-refractivity contribution in [3.05, 3.63) is 34.9 Å². The summed E-state index contributed by atoms with van der Waals surface area (Å²) in [5, 5.41) is 10.6. The van der Waals surface area contributed by atoms with Crippen LogP contribution in [-0.2, 0) is 16.1 Å². The smallest absolute Gasteiger partial charge is 0.475 e. The van der Waals surface area contributed by atoms with Crippen molar-refractivity contribution in [1.82, 2.24) is 5.32 Å². The van der Waals surface area contributed by atoms with Crippen LogP contribution in [0.1, 0.15) is 48.3 Å². The number of hydrogen-bond donors (Lipinski definition) is 2. The Morgan fingerprint density at radius 2 is 1.96 bits per heavy atom. The van der Waals surface area contributed by atoms with Crippen LogP contribution in [0, 0.1) is 0 Å². The predicted molar refractivity (Wildman–Crippen MR) is 80.9 cm³/mol. The molecular formula is C17H20F3NO3. The molecule has 2 aliphatic heterocycles. The topological polar surface area (TPSA) is 58.6 Å². The molecule has 2 N–H and O–H groups in total. The van der Waals surface area contributed by atoms with E-state index >= 15 is 0 Å². The molecule has 1 aromatic rings. The van der Waals surface area contributed by atoms with Crippen LogP contribution in [0.5, 0.6) is 0 Å². The van der Waals surface area contributed by atoms with Crippen molar-refractivity contribution >= 4 is 5.97 Å². The molecule has 7 heteroatoms. The second-order valence-corrected chi connectivity index (χ2v) is 6.78. The Morgan fingerprint density at radius 3 is 2.54 bits per heavy atom. The number of nitrogens with one attached hydrogen (secondary N) is 1. The number of alkyl halides is 3. The average Bonchev–Trinajstić information content (AvgIpc) is 3.27. The Kier molecular flexibility index (Phi) is 4.34. The minimum atomic E-state index is -5.08. The highest BCUT2D eigenvalue weighted by molar-refractivity contribution is 5.73. The maximum Gasteiger partial charge on any atom is 0.490 e. The van der Waals surface area contributed by atoms with Crippen molar-refractivity contribution in [2.45, 2.75) is 50.0 Å². The lowest BCUT2D eigenvalue weighted by molar-refractivity contribution is -0.192. The summed E-state index contributed by atoms with van der Waals surface area (Å²) in [6.07, 6.45) is -2.34. The summed E-state index contributed by atoms with van der Waals surface area (Å²) in [6, 6.07) is 6.88. The normalized spacial score (nSPS) is 28.4. The number of halogens is 3. The molecule has 0 amide bonds. The lowest BCUT2D eigenvalue weighted by atomic mass is 9.80. The summed E-state index contributed by atoms with van der Waals surface area (Å²) < 4.78 is 37.9. The number of ether oxygens (including phenoxy) is 1. The van der Waals surface area contributed by atoms with Crippen LogP contribution in [0.15, 0.2) is 18.2 Å². The molecule has 132 valence electrons. The number of hydrogen-bond acceptors (Lipinski definition) is 3. The van der Waals surface area contributed by atoms with Gasteiger partial charge >= 0.3 is 12.1 Å². The highest BCUT2D eigenvalue weighted by Crippen LogP contribution is 2.47. The van der Waals surface area contributed by atoms with E-state index in [9.17, 15) is 13.2 Å². The van der Waals surface area contributed by atoms with Gasteiger partial charge in [0.05, 0.1) is 12.2 Å². The first-order valence-corrected chi connectivity index (χ1v) is 7.99. The number of carboxylic acid groups (broad SMARTS) is 1. The van der Waals surface area contributed by atoms with Crippen molar-refractivity contribution in [2.24, 2.45) is 0 Å². The Morgan fingerprint density at radius 1 is 1.33 bits per heavy atom. The van der Waals surface area contributed by atoms with Crippen molar-refractivity contribution in [3.63, 3.8) is 0 Å². The van der Waals surface area contributed by atoms with Crippen LogP contribution in [0.2, 0.25) is 0 Å². The maximum atomic E-state index is 10.6. The molecule has 2 atom stereocenters. The molecule has 0 unspecified atom stereocenters. The standard InChI is InChI=1S/C15H19NO.C2HF3O2/c1-15-9-16-7-14(15)12-4-2-3-11(10-5-6-10)13(12)8-17-15;3-2(4,5)1(6)7/h2-4,10,14,16H,5-9H2,1H3;(H,6,7)/t14-,15-;/m1./s1. The quantitative estimate of drug-likeness (QED) is 0.822. The van der Waals surface area contributed by atoms with Crippen LogP contribution in [0.25, 0.3) is 0 Å². The second-order valence-electron chi connectivity index (χ2n) is 6.78. The van der Waals surface area contributed by atoms with E-state index in [1.807, 2.05) is 0 Å². The van der Waals surface area contributed by atoms with Crippen LogP contribution >= 0.6 is 0 Å². The first-order chi connectivity index (χ1) is 11.2. The Balaban J connectivity index is 0.000000209. The molecule has 0 aromatic heterocycles. The Hall–Kier alpha value is -1.60. The second kappa shape index (κ2) is 6.04. The van der Waals surface area contributed by atoms with Gasteiger partial charge in [-0.3, -0.25) is 0 Å². The molecule has 0 spiro atoms. The summed E-state index contributed by atoms with van der Waals surface area (Å²) in [4.78, 5) is 8.90. The van der Waals surface area contributed by atoms with Gasteiger partial charge in [-0.2, -0.15) is 13.2 Å². The van der Waals surface area contributed by atoms with Crippen molar-refractivity contribution in [1.29, 1.82) is 0 Å². The molecule has 4 rings (SSSR count). The van der Waals surface area contributed by atoms with E-state index < -0.39 is 12.1 Å². The SMILES string of the molecule is C[C@@]12CNC[C@@H]1c1cccc(C3CC3)c1CO2.O=C(O)C(F)(F)F. The van der Waals surface area contributed by atoms with Gasteiger partial charge in [-0.15, -0.1) is 0 Å². The van der Waals surface area contributed by atoms with Gasteiger partial charge in [0.15, 0.2) is 0 Å². The molecule has 4 nitrogen and oxygen atoms in total. The Bertz CT molecular complexity index is 642. The number of fused-ring (bicyclic) bond motifs is 3. The fourth-order valence-corrected chi connectivity index (χ4v) is 3.52. The predicted octanol–water partition coefficient (Wildman–Crippen LogP) is 3.17. The third-order valence-corrected chi connectivity index (χ3v) is 4.99. The van der Waals surface area contributed by atoms with Crippen molar-refractivity contribution < 1.29 is 27.8 Å². The number of carboxylic acids is 1. The summed E-state index contributed by atoms with van der Waals surface area (Å²) in [5.74, 6) is -1.38. The minimum Gasteiger partial charge on any atom is -0.475 e. The largest absolute Gasteiger partial charge is 0.490 e. The average molecular weight is 343 g/mol. The van der Waals surface area contributed by atoms with E-state index in [4.69, 9.17) is 14.6 Å². The summed E-state index contributed by atoms with van der Waals surface area (Å²) in [6.45, 7) is 5.13. The van der Waals surface area contributed by atoms with Crippen LogP contribution < -0.4 is 5.32 Å². The lowest BCUT2D eigenvalue weighted by Crippen LogP contribution is -2.40. The minimum absolute atomic E-state index is 0.0230. The summed E-state index contributed by atoms with van der Waals surface area (Å²) in [5.41, 5.74) is 4.64. The van der Waals surface area contributed by atoms with Crippen LogP contribution in [0.4, 0.5) is 13.2 Å². The number of benzene rings is 1. The first-order valence-electron chi connectivity index (χ1n) is 7.99.